The Bertz CT molecular complexity index is 516. The highest BCUT2D eigenvalue weighted by Gasteiger charge is 2.17. The van der Waals surface area contributed by atoms with Crippen molar-refractivity contribution >= 4 is 11.6 Å². The van der Waals surface area contributed by atoms with Gasteiger partial charge >= 0.3 is 0 Å². The normalized spacial score (nSPS) is 19.3. The highest BCUT2D eigenvalue weighted by molar-refractivity contribution is 6.30. The third-order valence-corrected chi connectivity index (χ3v) is 3.36. The molecular formula is C12H14ClN5. The van der Waals surface area contributed by atoms with E-state index in [-0.39, 0.29) is 0 Å². The summed E-state index contributed by atoms with van der Waals surface area (Å²) in [5.41, 5.74) is 0.873. The fourth-order valence-corrected chi connectivity index (χ4v) is 2.29. The van der Waals surface area contributed by atoms with Gasteiger partial charge in [0, 0.05) is 17.5 Å². The molecule has 1 atom stereocenters. The Morgan fingerprint density at radius 2 is 2.17 bits per heavy atom. The van der Waals surface area contributed by atoms with Crippen molar-refractivity contribution < 1.29 is 0 Å². The van der Waals surface area contributed by atoms with Crippen molar-refractivity contribution in [3.63, 3.8) is 0 Å². The van der Waals surface area contributed by atoms with Crippen LogP contribution in [0, 0.1) is 0 Å². The van der Waals surface area contributed by atoms with Crippen LogP contribution in [0.4, 0.5) is 0 Å². The Balaban J connectivity index is 1.74. The lowest BCUT2D eigenvalue weighted by Gasteiger charge is -2.05. The second kappa shape index (κ2) is 5.04. The van der Waals surface area contributed by atoms with E-state index >= 15 is 0 Å². The Kier molecular flexibility index (Phi) is 3.25. The van der Waals surface area contributed by atoms with E-state index in [9.17, 15) is 0 Å². The molecule has 5 nitrogen and oxygen atoms in total. The van der Waals surface area contributed by atoms with Crippen LogP contribution < -0.4 is 5.32 Å². The van der Waals surface area contributed by atoms with Gasteiger partial charge in [0.05, 0.1) is 5.69 Å². The first-order valence-electron chi connectivity index (χ1n) is 6.09. The van der Waals surface area contributed by atoms with Gasteiger partial charge in [0.1, 0.15) is 0 Å². The van der Waals surface area contributed by atoms with Crippen LogP contribution in [0.1, 0.15) is 18.7 Å². The Labute approximate surface area is 110 Å². The molecule has 0 bridgehead atoms. The van der Waals surface area contributed by atoms with Crippen LogP contribution in [0.5, 0.6) is 0 Å². The zero-order valence-electron chi connectivity index (χ0n) is 9.88. The Morgan fingerprint density at radius 3 is 2.89 bits per heavy atom. The molecule has 1 saturated heterocycles. The Hall–Kier alpha value is -1.46. The maximum Gasteiger partial charge on any atom is 0.176 e. The van der Waals surface area contributed by atoms with Crippen molar-refractivity contribution in [2.24, 2.45) is 0 Å². The van der Waals surface area contributed by atoms with E-state index in [1.54, 1.807) is 4.80 Å². The fraction of sp³-hybridized carbons (Fsp3) is 0.417. The van der Waals surface area contributed by atoms with Gasteiger partial charge < -0.3 is 5.32 Å². The minimum Gasteiger partial charge on any atom is -0.314 e. The summed E-state index contributed by atoms with van der Waals surface area (Å²) in [5.74, 6) is 0.782. The van der Waals surface area contributed by atoms with Crippen LogP contribution in [0.3, 0.4) is 0 Å². The number of nitrogens with zero attached hydrogens (tertiary/aromatic N) is 4. The molecule has 1 aliphatic rings. The molecule has 1 fully saturated rings. The summed E-state index contributed by atoms with van der Waals surface area (Å²) in [7, 11) is 0. The molecule has 0 radical (unpaired) electrons. The highest BCUT2D eigenvalue weighted by atomic mass is 35.5. The van der Waals surface area contributed by atoms with Crippen LogP contribution >= 0.6 is 11.6 Å². The van der Waals surface area contributed by atoms with Gasteiger partial charge in [0.15, 0.2) is 5.82 Å². The average molecular weight is 264 g/mol. The molecule has 2 heterocycles. The topological polar surface area (TPSA) is 55.6 Å². The van der Waals surface area contributed by atoms with E-state index in [1.165, 1.54) is 12.8 Å². The molecule has 94 valence electrons. The van der Waals surface area contributed by atoms with Crippen molar-refractivity contribution in [2.75, 3.05) is 6.54 Å². The quantitative estimate of drug-likeness (QED) is 0.914. The lowest BCUT2D eigenvalue weighted by atomic mass is 10.1. The molecule has 1 unspecified atom stereocenters. The van der Waals surface area contributed by atoms with E-state index in [0.717, 1.165) is 24.5 Å². The first-order chi connectivity index (χ1) is 8.81. The monoisotopic (exact) mass is 263 g/mol. The molecule has 1 aliphatic heterocycles. The highest BCUT2D eigenvalue weighted by Crippen LogP contribution is 2.12. The van der Waals surface area contributed by atoms with Crippen LogP contribution in [-0.2, 0) is 6.42 Å². The summed E-state index contributed by atoms with van der Waals surface area (Å²) in [6.07, 6.45) is 3.26. The molecule has 1 aromatic carbocycles. The zero-order chi connectivity index (χ0) is 12.4. The number of rotatable bonds is 3. The van der Waals surface area contributed by atoms with Gasteiger partial charge in [0.25, 0.3) is 0 Å². The van der Waals surface area contributed by atoms with Gasteiger partial charge in [-0.1, -0.05) is 11.6 Å². The van der Waals surface area contributed by atoms with E-state index in [0.29, 0.717) is 11.1 Å². The number of halogens is 1. The number of hydrogen-bond donors (Lipinski definition) is 1. The predicted molar refractivity (Wildman–Crippen MR) is 68.9 cm³/mol. The second-order valence-corrected chi connectivity index (χ2v) is 4.91. The largest absolute Gasteiger partial charge is 0.314 e. The summed E-state index contributed by atoms with van der Waals surface area (Å²) < 4.78 is 0. The minimum atomic E-state index is 0.493. The van der Waals surface area contributed by atoms with Gasteiger partial charge in [-0.15, -0.1) is 15.0 Å². The first kappa shape index (κ1) is 11.6. The summed E-state index contributed by atoms with van der Waals surface area (Å²) in [4.78, 5) is 1.54. The lowest BCUT2D eigenvalue weighted by Crippen LogP contribution is -2.24. The average Bonchev–Trinajstić information content (AvgIpc) is 3.02. The smallest absolute Gasteiger partial charge is 0.176 e. The van der Waals surface area contributed by atoms with Crippen LogP contribution in [-0.4, -0.2) is 32.8 Å². The third-order valence-electron chi connectivity index (χ3n) is 3.10. The minimum absolute atomic E-state index is 0.493. The zero-order valence-corrected chi connectivity index (χ0v) is 10.6. The summed E-state index contributed by atoms with van der Waals surface area (Å²) in [5, 5.41) is 16.7. The van der Waals surface area contributed by atoms with Gasteiger partial charge in [-0.05, 0) is 48.9 Å². The van der Waals surface area contributed by atoms with Gasteiger partial charge in [0.2, 0.25) is 0 Å². The molecule has 3 rings (SSSR count). The number of nitrogens with one attached hydrogen (secondary N) is 1. The molecule has 0 aliphatic carbocycles. The number of hydrogen-bond acceptors (Lipinski definition) is 4. The van der Waals surface area contributed by atoms with Gasteiger partial charge in [-0.2, -0.15) is 0 Å². The fourth-order valence-electron chi connectivity index (χ4n) is 2.16. The van der Waals surface area contributed by atoms with E-state index in [2.05, 4.69) is 20.7 Å². The second-order valence-electron chi connectivity index (χ2n) is 4.47. The number of tetrazole rings is 1. The van der Waals surface area contributed by atoms with Crippen LogP contribution in [0.2, 0.25) is 5.02 Å². The molecule has 2 aromatic rings. The molecule has 0 spiro atoms. The van der Waals surface area contributed by atoms with Crippen molar-refractivity contribution in [3.05, 3.63) is 35.1 Å². The van der Waals surface area contributed by atoms with Crippen LogP contribution in [0.15, 0.2) is 24.3 Å². The summed E-state index contributed by atoms with van der Waals surface area (Å²) >= 11 is 5.84. The molecular weight excluding hydrogens is 250 g/mol. The van der Waals surface area contributed by atoms with E-state index in [1.807, 2.05) is 24.3 Å². The number of aromatic nitrogens is 4. The van der Waals surface area contributed by atoms with Crippen LogP contribution in [0.25, 0.3) is 5.69 Å². The molecule has 6 heteroatoms. The summed E-state index contributed by atoms with van der Waals surface area (Å²) in [6.45, 7) is 1.09. The number of benzene rings is 1. The maximum absolute atomic E-state index is 5.84. The van der Waals surface area contributed by atoms with Gasteiger partial charge in [-0.25, -0.2) is 0 Å². The molecule has 1 N–H and O–H groups in total. The SMILES string of the molecule is Clc1ccc(-n2nnc(CC3CCCN3)n2)cc1. The molecule has 0 amide bonds. The standard InChI is InChI=1S/C12H14ClN5/c13-9-3-5-11(6-4-9)18-16-12(15-17-18)8-10-2-1-7-14-10/h3-6,10,14H,1-2,7-8H2. The first-order valence-corrected chi connectivity index (χ1v) is 6.47. The van der Waals surface area contributed by atoms with Crippen molar-refractivity contribution in [1.29, 1.82) is 0 Å². The van der Waals surface area contributed by atoms with E-state index in [4.69, 9.17) is 11.6 Å². The third kappa shape index (κ3) is 2.52. The Morgan fingerprint density at radius 1 is 1.33 bits per heavy atom. The lowest BCUT2D eigenvalue weighted by molar-refractivity contribution is 0.584. The van der Waals surface area contributed by atoms with E-state index < -0.39 is 0 Å². The summed E-state index contributed by atoms with van der Waals surface area (Å²) in [6, 6.07) is 7.88. The predicted octanol–water partition coefficient (Wildman–Crippen LogP) is 1.61. The van der Waals surface area contributed by atoms with Gasteiger partial charge in [-0.3, -0.25) is 0 Å². The van der Waals surface area contributed by atoms with Crippen molar-refractivity contribution in [2.45, 2.75) is 25.3 Å². The van der Waals surface area contributed by atoms with Crippen molar-refractivity contribution in [1.82, 2.24) is 25.5 Å². The molecule has 18 heavy (non-hydrogen) atoms. The molecule has 0 saturated carbocycles. The van der Waals surface area contributed by atoms with Crippen molar-refractivity contribution in [3.8, 4) is 5.69 Å². The maximum atomic E-state index is 5.84. The molecule has 1 aromatic heterocycles.